The Bertz CT molecular complexity index is 327. The molecule has 5 heteroatoms. The summed E-state index contributed by atoms with van der Waals surface area (Å²) in [5.41, 5.74) is 5.52. The topological polar surface area (TPSA) is 55.0 Å². The van der Waals surface area contributed by atoms with Crippen molar-refractivity contribution in [2.75, 3.05) is 18.0 Å². The molecule has 15 heavy (non-hydrogen) atoms. The van der Waals surface area contributed by atoms with Gasteiger partial charge in [-0.2, -0.15) is 0 Å². The lowest BCUT2D eigenvalue weighted by Gasteiger charge is -2.23. The Morgan fingerprint density at radius 3 is 2.93 bits per heavy atom. The predicted molar refractivity (Wildman–Crippen MR) is 61.1 cm³/mol. The van der Waals surface area contributed by atoms with Gasteiger partial charge in [0.05, 0.1) is 6.20 Å². The highest BCUT2D eigenvalue weighted by Crippen LogP contribution is 2.33. The molecule has 0 amide bonds. The van der Waals surface area contributed by atoms with E-state index >= 15 is 0 Å². The van der Waals surface area contributed by atoms with Crippen molar-refractivity contribution < 1.29 is 0 Å². The van der Waals surface area contributed by atoms with Gasteiger partial charge >= 0.3 is 0 Å². The number of anilines is 1. The van der Waals surface area contributed by atoms with Crippen LogP contribution in [0.25, 0.3) is 0 Å². The van der Waals surface area contributed by atoms with Gasteiger partial charge in [-0.1, -0.05) is 11.6 Å². The van der Waals surface area contributed by atoms with Gasteiger partial charge in [-0.3, -0.25) is 0 Å². The highest BCUT2D eigenvalue weighted by molar-refractivity contribution is 6.32. The molecule has 4 nitrogen and oxygen atoms in total. The number of nitrogens with two attached hydrogens (primary N) is 1. The van der Waals surface area contributed by atoms with E-state index in [-0.39, 0.29) is 0 Å². The molecule has 0 radical (unpaired) electrons. The fraction of sp³-hybridized carbons (Fsp3) is 0.600. The minimum Gasteiger partial charge on any atom is -0.352 e. The largest absolute Gasteiger partial charge is 0.352 e. The van der Waals surface area contributed by atoms with Crippen LogP contribution in [-0.2, 0) is 0 Å². The van der Waals surface area contributed by atoms with Crippen LogP contribution in [0.15, 0.2) is 12.5 Å². The molecule has 1 aromatic heterocycles. The second kappa shape index (κ2) is 4.77. The standard InChI is InChI=1S/C10H15ClN4/c11-9-6-13-7-14-10(9)15(5-1-4-12)8-2-3-8/h6-8H,1-5,12H2. The molecular formula is C10H15ClN4. The fourth-order valence-corrected chi connectivity index (χ4v) is 1.84. The summed E-state index contributed by atoms with van der Waals surface area (Å²) in [5, 5.41) is 0.626. The maximum Gasteiger partial charge on any atom is 0.151 e. The van der Waals surface area contributed by atoms with Crippen molar-refractivity contribution in [1.82, 2.24) is 9.97 Å². The van der Waals surface area contributed by atoms with Crippen LogP contribution in [0.1, 0.15) is 19.3 Å². The number of nitrogens with zero attached hydrogens (tertiary/aromatic N) is 3. The van der Waals surface area contributed by atoms with E-state index in [0.29, 0.717) is 17.6 Å². The Kier molecular flexibility index (Phi) is 3.38. The van der Waals surface area contributed by atoms with Gasteiger partial charge < -0.3 is 10.6 Å². The molecular weight excluding hydrogens is 212 g/mol. The summed E-state index contributed by atoms with van der Waals surface area (Å²) >= 11 is 6.07. The Hall–Kier alpha value is -0.870. The van der Waals surface area contributed by atoms with E-state index in [1.807, 2.05) is 0 Å². The molecule has 1 aliphatic carbocycles. The fourth-order valence-electron chi connectivity index (χ4n) is 1.63. The molecule has 82 valence electrons. The zero-order chi connectivity index (χ0) is 10.7. The van der Waals surface area contributed by atoms with E-state index in [9.17, 15) is 0 Å². The van der Waals surface area contributed by atoms with E-state index in [4.69, 9.17) is 17.3 Å². The molecule has 2 N–H and O–H groups in total. The van der Waals surface area contributed by atoms with Crippen LogP contribution in [0.4, 0.5) is 5.82 Å². The predicted octanol–water partition coefficient (Wildman–Crippen LogP) is 1.45. The van der Waals surface area contributed by atoms with Crippen LogP contribution in [-0.4, -0.2) is 29.1 Å². The van der Waals surface area contributed by atoms with Gasteiger partial charge in [0.1, 0.15) is 11.3 Å². The first-order chi connectivity index (χ1) is 7.33. The summed E-state index contributed by atoms with van der Waals surface area (Å²) in [6.45, 7) is 1.63. The smallest absolute Gasteiger partial charge is 0.151 e. The first-order valence-electron chi connectivity index (χ1n) is 5.25. The van der Waals surface area contributed by atoms with E-state index in [1.54, 1.807) is 12.5 Å². The lowest BCUT2D eigenvalue weighted by molar-refractivity contribution is 0.721. The van der Waals surface area contributed by atoms with Crippen molar-refractivity contribution in [3.05, 3.63) is 17.5 Å². The minimum absolute atomic E-state index is 0.601. The van der Waals surface area contributed by atoms with Gasteiger partial charge in [0, 0.05) is 12.6 Å². The molecule has 0 saturated heterocycles. The molecule has 1 aromatic rings. The van der Waals surface area contributed by atoms with Gasteiger partial charge in [0.25, 0.3) is 0 Å². The molecule has 0 atom stereocenters. The molecule has 1 aliphatic rings. The normalized spacial score (nSPS) is 15.3. The summed E-state index contributed by atoms with van der Waals surface area (Å²) in [5.74, 6) is 0.850. The quantitative estimate of drug-likeness (QED) is 0.826. The van der Waals surface area contributed by atoms with Crippen molar-refractivity contribution >= 4 is 17.4 Å². The van der Waals surface area contributed by atoms with Crippen LogP contribution in [0, 0.1) is 0 Å². The van der Waals surface area contributed by atoms with Crippen LogP contribution in [0.3, 0.4) is 0 Å². The third-order valence-corrected chi connectivity index (χ3v) is 2.78. The van der Waals surface area contributed by atoms with Gasteiger partial charge in [0.15, 0.2) is 5.82 Å². The van der Waals surface area contributed by atoms with E-state index < -0.39 is 0 Å². The number of halogens is 1. The Balaban J connectivity index is 2.13. The maximum absolute atomic E-state index is 6.07. The molecule has 0 aromatic carbocycles. The zero-order valence-corrected chi connectivity index (χ0v) is 9.32. The lowest BCUT2D eigenvalue weighted by atomic mass is 10.3. The minimum atomic E-state index is 0.601. The van der Waals surface area contributed by atoms with Crippen molar-refractivity contribution in [3.8, 4) is 0 Å². The van der Waals surface area contributed by atoms with Gasteiger partial charge in [-0.05, 0) is 25.8 Å². The average Bonchev–Trinajstić information content (AvgIpc) is 3.05. The second-order valence-electron chi connectivity index (χ2n) is 3.76. The highest BCUT2D eigenvalue weighted by atomic mass is 35.5. The summed E-state index contributed by atoms with van der Waals surface area (Å²) in [6.07, 6.45) is 6.60. The number of hydrogen-bond acceptors (Lipinski definition) is 4. The van der Waals surface area contributed by atoms with Crippen LogP contribution >= 0.6 is 11.6 Å². The molecule has 1 fully saturated rings. The molecule has 0 unspecified atom stereocenters. The van der Waals surface area contributed by atoms with Crippen LogP contribution in [0.2, 0.25) is 5.02 Å². The number of rotatable bonds is 5. The van der Waals surface area contributed by atoms with E-state index in [0.717, 1.165) is 18.8 Å². The third-order valence-electron chi connectivity index (χ3n) is 2.51. The van der Waals surface area contributed by atoms with Gasteiger partial charge in [-0.25, -0.2) is 9.97 Å². The van der Waals surface area contributed by atoms with Crippen molar-refractivity contribution in [2.45, 2.75) is 25.3 Å². The van der Waals surface area contributed by atoms with E-state index in [2.05, 4.69) is 14.9 Å². The zero-order valence-electron chi connectivity index (χ0n) is 8.56. The Morgan fingerprint density at radius 2 is 2.33 bits per heavy atom. The molecule has 1 saturated carbocycles. The van der Waals surface area contributed by atoms with E-state index in [1.165, 1.54) is 12.8 Å². The van der Waals surface area contributed by atoms with Crippen molar-refractivity contribution in [2.24, 2.45) is 5.73 Å². The lowest BCUT2D eigenvalue weighted by Crippen LogP contribution is -2.29. The SMILES string of the molecule is NCCCN(c1ncncc1Cl)C1CC1. The van der Waals surface area contributed by atoms with Crippen molar-refractivity contribution in [3.63, 3.8) is 0 Å². The second-order valence-corrected chi connectivity index (χ2v) is 4.17. The molecule has 0 bridgehead atoms. The molecule has 1 heterocycles. The first-order valence-corrected chi connectivity index (χ1v) is 5.63. The van der Waals surface area contributed by atoms with Crippen LogP contribution in [0.5, 0.6) is 0 Å². The Morgan fingerprint density at radius 1 is 1.53 bits per heavy atom. The molecule has 0 spiro atoms. The third kappa shape index (κ3) is 2.58. The monoisotopic (exact) mass is 226 g/mol. The highest BCUT2D eigenvalue weighted by Gasteiger charge is 2.30. The maximum atomic E-state index is 6.07. The summed E-state index contributed by atoms with van der Waals surface area (Å²) < 4.78 is 0. The summed E-state index contributed by atoms with van der Waals surface area (Å²) in [4.78, 5) is 10.4. The summed E-state index contributed by atoms with van der Waals surface area (Å²) in [6, 6.07) is 0.601. The molecule has 0 aliphatic heterocycles. The number of aromatic nitrogens is 2. The molecule has 2 rings (SSSR count). The van der Waals surface area contributed by atoms with Crippen molar-refractivity contribution in [1.29, 1.82) is 0 Å². The average molecular weight is 227 g/mol. The Labute approximate surface area is 94.5 Å². The van der Waals surface area contributed by atoms with Crippen LogP contribution < -0.4 is 10.6 Å². The van der Waals surface area contributed by atoms with Gasteiger partial charge in [0.2, 0.25) is 0 Å². The number of hydrogen-bond donors (Lipinski definition) is 1. The summed E-state index contributed by atoms with van der Waals surface area (Å²) in [7, 11) is 0. The van der Waals surface area contributed by atoms with Gasteiger partial charge in [-0.15, -0.1) is 0 Å². The first kappa shape index (κ1) is 10.6.